The molecule has 23 heavy (non-hydrogen) atoms. The highest BCUT2D eigenvalue weighted by Crippen LogP contribution is 2.23. The fourth-order valence-corrected chi connectivity index (χ4v) is 2.63. The Kier molecular flexibility index (Phi) is 5.19. The maximum absolute atomic E-state index is 12.0. The van der Waals surface area contributed by atoms with E-state index in [0.717, 1.165) is 23.2 Å². The Balaban J connectivity index is 1.99. The minimum Gasteiger partial charge on any atom is -0.468 e. The summed E-state index contributed by atoms with van der Waals surface area (Å²) in [4.78, 5) is 21.0. The molecule has 2 aromatic rings. The first-order valence-electron chi connectivity index (χ1n) is 6.71. The average Bonchev–Trinajstić information content (AvgIpc) is 2.84. The third kappa shape index (κ3) is 4.92. The quantitative estimate of drug-likeness (QED) is 0.899. The van der Waals surface area contributed by atoms with E-state index in [-0.39, 0.29) is 11.4 Å². The third-order valence-electron chi connectivity index (χ3n) is 2.83. The normalized spacial score (nSPS) is 11.3. The maximum Gasteiger partial charge on any atom is 0.422 e. The number of halogens is 3. The molecule has 0 unspecified atom stereocenters. The number of aromatic nitrogens is 2. The SMILES string of the molecule is CCc1nc(NC(=O)c2ccc(OCC(F)(F)F)nc2)sc1C. The summed E-state index contributed by atoms with van der Waals surface area (Å²) in [7, 11) is 0. The molecular formula is C14H14F3N3O2S. The molecule has 1 amide bonds. The van der Waals surface area contributed by atoms with Crippen molar-refractivity contribution in [2.75, 3.05) is 11.9 Å². The Morgan fingerprint density at radius 2 is 2.13 bits per heavy atom. The van der Waals surface area contributed by atoms with E-state index in [1.165, 1.54) is 23.5 Å². The lowest BCUT2D eigenvalue weighted by molar-refractivity contribution is -0.154. The second-order valence-electron chi connectivity index (χ2n) is 4.62. The van der Waals surface area contributed by atoms with Gasteiger partial charge < -0.3 is 4.74 Å². The van der Waals surface area contributed by atoms with Crippen LogP contribution in [0.15, 0.2) is 18.3 Å². The van der Waals surface area contributed by atoms with Gasteiger partial charge in [-0.1, -0.05) is 6.92 Å². The van der Waals surface area contributed by atoms with E-state index in [0.29, 0.717) is 5.13 Å². The monoisotopic (exact) mass is 345 g/mol. The molecule has 0 radical (unpaired) electrons. The summed E-state index contributed by atoms with van der Waals surface area (Å²) < 4.78 is 40.6. The molecule has 0 spiro atoms. The van der Waals surface area contributed by atoms with Crippen LogP contribution in [0.1, 0.15) is 27.9 Å². The van der Waals surface area contributed by atoms with Crippen molar-refractivity contribution in [3.63, 3.8) is 0 Å². The lowest BCUT2D eigenvalue weighted by Gasteiger charge is -2.08. The number of amides is 1. The molecule has 0 saturated carbocycles. The molecule has 0 fully saturated rings. The number of carbonyl (C=O) groups is 1. The molecule has 2 heterocycles. The molecule has 0 aromatic carbocycles. The summed E-state index contributed by atoms with van der Waals surface area (Å²) >= 11 is 1.36. The van der Waals surface area contributed by atoms with Crippen molar-refractivity contribution in [1.82, 2.24) is 9.97 Å². The number of rotatable bonds is 5. The summed E-state index contributed by atoms with van der Waals surface area (Å²) in [6.45, 7) is 2.46. The highest BCUT2D eigenvalue weighted by atomic mass is 32.1. The molecule has 0 atom stereocenters. The van der Waals surface area contributed by atoms with Crippen molar-refractivity contribution in [2.45, 2.75) is 26.4 Å². The van der Waals surface area contributed by atoms with Gasteiger partial charge in [0, 0.05) is 17.1 Å². The first kappa shape index (κ1) is 17.2. The van der Waals surface area contributed by atoms with Gasteiger partial charge in [-0.25, -0.2) is 9.97 Å². The predicted molar refractivity (Wildman–Crippen MR) is 80.0 cm³/mol. The summed E-state index contributed by atoms with van der Waals surface area (Å²) in [5, 5.41) is 3.11. The van der Waals surface area contributed by atoms with Gasteiger partial charge in [-0.05, 0) is 19.4 Å². The number of nitrogens with zero attached hydrogens (tertiary/aromatic N) is 2. The molecule has 0 aliphatic rings. The van der Waals surface area contributed by atoms with Gasteiger partial charge in [0.15, 0.2) is 11.7 Å². The third-order valence-corrected chi connectivity index (χ3v) is 3.76. The second-order valence-corrected chi connectivity index (χ2v) is 5.82. The Bertz CT molecular complexity index is 684. The molecule has 2 aromatic heterocycles. The van der Waals surface area contributed by atoms with Crippen molar-refractivity contribution < 1.29 is 22.7 Å². The van der Waals surface area contributed by atoms with Crippen molar-refractivity contribution in [2.24, 2.45) is 0 Å². The highest BCUT2D eigenvalue weighted by Gasteiger charge is 2.28. The lowest BCUT2D eigenvalue weighted by atomic mass is 10.3. The van der Waals surface area contributed by atoms with Crippen LogP contribution in [0.4, 0.5) is 18.3 Å². The van der Waals surface area contributed by atoms with E-state index >= 15 is 0 Å². The van der Waals surface area contributed by atoms with Crippen LogP contribution in [0.25, 0.3) is 0 Å². The Labute approximate surface area is 134 Å². The minimum absolute atomic E-state index is 0.197. The number of hydrogen-bond donors (Lipinski definition) is 1. The predicted octanol–water partition coefficient (Wildman–Crippen LogP) is 3.60. The van der Waals surface area contributed by atoms with E-state index in [4.69, 9.17) is 0 Å². The average molecular weight is 345 g/mol. The van der Waals surface area contributed by atoms with Crippen LogP contribution in [0, 0.1) is 6.92 Å². The number of nitrogens with one attached hydrogen (secondary N) is 1. The van der Waals surface area contributed by atoms with Gasteiger partial charge in [0.1, 0.15) is 0 Å². The van der Waals surface area contributed by atoms with Crippen molar-refractivity contribution >= 4 is 22.4 Å². The fraction of sp³-hybridized carbons (Fsp3) is 0.357. The van der Waals surface area contributed by atoms with Crippen LogP contribution < -0.4 is 10.1 Å². The first-order valence-corrected chi connectivity index (χ1v) is 7.53. The summed E-state index contributed by atoms with van der Waals surface area (Å²) in [5.41, 5.74) is 1.12. The van der Waals surface area contributed by atoms with E-state index in [2.05, 4.69) is 20.0 Å². The number of hydrogen-bond acceptors (Lipinski definition) is 5. The van der Waals surface area contributed by atoms with Gasteiger partial charge in [-0.15, -0.1) is 11.3 Å². The smallest absolute Gasteiger partial charge is 0.422 e. The molecule has 9 heteroatoms. The topological polar surface area (TPSA) is 64.1 Å². The van der Waals surface area contributed by atoms with Crippen LogP contribution in [0.2, 0.25) is 0 Å². The largest absolute Gasteiger partial charge is 0.468 e. The minimum atomic E-state index is -4.43. The molecule has 1 N–H and O–H groups in total. The number of pyridine rings is 1. The molecule has 0 aliphatic carbocycles. The summed E-state index contributed by atoms with van der Waals surface area (Å²) in [6, 6.07) is 2.56. The van der Waals surface area contributed by atoms with Gasteiger partial charge in [-0.2, -0.15) is 13.2 Å². The summed E-state index contributed by atoms with van der Waals surface area (Å²) in [5.74, 6) is -0.631. The zero-order valence-electron chi connectivity index (χ0n) is 12.4. The van der Waals surface area contributed by atoms with Gasteiger partial charge in [-0.3, -0.25) is 10.1 Å². The Hall–Kier alpha value is -2.16. The van der Waals surface area contributed by atoms with E-state index in [1.54, 1.807) is 0 Å². The van der Waals surface area contributed by atoms with Gasteiger partial charge in [0.05, 0.1) is 11.3 Å². The number of ether oxygens (including phenoxy) is 1. The number of carbonyl (C=O) groups excluding carboxylic acids is 1. The second kappa shape index (κ2) is 6.95. The Morgan fingerprint density at radius 1 is 1.39 bits per heavy atom. The molecule has 5 nitrogen and oxygen atoms in total. The first-order chi connectivity index (χ1) is 10.8. The fourth-order valence-electron chi connectivity index (χ4n) is 1.73. The van der Waals surface area contributed by atoms with Crippen LogP contribution >= 0.6 is 11.3 Å². The van der Waals surface area contributed by atoms with Crippen LogP contribution in [0.3, 0.4) is 0 Å². The van der Waals surface area contributed by atoms with Gasteiger partial charge in [0.2, 0.25) is 5.88 Å². The molecule has 124 valence electrons. The standard InChI is InChI=1S/C14H14F3N3O2S/c1-3-10-8(2)23-13(19-10)20-12(21)9-4-5-11(18-6-9)22-7-14(15,16)17/h4-6H,3,7H2,1-2H3,(H,19,20,21). The number of thiazole rings is 1. The van der Waals surface area contributed by atoms with E-state index in [1.807, 2.05) is 13.8 Å². The van der Waals surface area contributed by atoms with Crippen LogP contribution in [0.5, 0.6) is 5.88 Å². The molecule has 0 bridgehead atoms. The van der Waals surface area contributed by atoms with E-state index < -0.39 is 18.7 Å². The van der Waals surface area contributed by atoms with Crippen molar-refractivity contribution in [1.29, 1.82) is 0 Å². The Morgan fingerprint density at radius 3 is 2.65 bits per heavy atom. The molecular weight excluding hydrogens is 331 g/mol. The number of anilines is 1. The summed E-state index contributed by atoms with van der Waals surface area (Å²) in [6.07, 6.45) is -2.51. The molecule has 2 rings (SSSR count). The lowest BCUT2D eigenvalue weighted by Crippen LogP contribution is -2.19. The molecule has 0 saturated heterocycles. The van der Waals surface area contributed by atoms with Crippen LogP contribution in [-0.2, 0) is 6.42 Å². The van der Waals surface area contributed by atoms with Crippen LogP contribution in [-0.4, -0.2) is 28.7 Å². The number of aryl methyl sites for hydroxylation is 2. The van der Waals surface area contributed by atoms with Gasteiger partial charge in [0.25, 0.3) is 5.91 Å². The van der Waals surface area contributed by atoms with Crippen molar-refractivity contribution in [3.8, 4) is 5.88 Å². The maximum atomic E-state index is 12.0. The zero-order chi connectivity index (χ0) is 17.0. The highest BCUT2D eigenvalue weighted by molar-refractivity contribution is 7.15. The van der Waals surface area contributed by atoms with Gasteiger partial charge >= 0.3 is 6.18 Å². The van der Waals surface area contributed by atoms with Crippen molar-refractivity contribution in [3.05, 3.63) is 34.5 Å². The number of alkyl halides is 3. The molecule has 0 aliphatic heterocycles. The van der Waals surface area contributed by atoms with E-state index in [9.17, 15) is 18.0 Å². The zero-order valence-corrected chi connectivity index (χ0v) is 13.2.